The van der Waals surface area contributed by atoms with Crippen LogP contribution in [0, 0.1) is 11.6 Å². The van der Waals surface area contributed by atoms with Crippen LogP contribution in [0.25, 0.3) is 0 Å². The molecule has 0 N–H and O–H groups in total. The van der Waals surface area contributed by atoms with Crippen LogP contribution in [0.2, 0.25) is 10.0 Å². The largest absolute Gasteiger partial charge is 0.492 e. The van der Waals surface area contributed by atoms with Crippen molar-refractivity contribution in [2.45, 2.75) is 0 Å². The van der Waals surface area contributed by atoms with E-state index >= 15 is 0 Å². The van der Waals surface area contributed by atoms with Gasteiger partial charge in [0, 0.05) is 13.1 Å². The summed E-state index contributed by atoms with van der Waals surface area (Å²) in [5.74, 6) is -1.23. The van der Waals surface area contributed by atoms with Crippen LogP contribution in [-0.2, 0) is 0 Å². The molecule has 0 saturated carbocycles. The Balaban J connectivity index is 1.96. The molecule has 0 unspecified atom stereocenters. The maximum Gasteiger partial charge on any atom is 0.255 e. The van der Waals surface area contributed by atoms with E-state index < -0.39 is 17.5 Å². The lowest BCUT2D eigenvalue weighted by molar-refractivity contribution is 0.0773. The number of benzene rings is 2. The molecule has 0 radical (unpaired) electrons. The first kappa shape index (κ1) is 17.5. The molecule has 0 aromatic heterocycles. The van der Waals surface area contributed by atoms with Crippen molar-refractivity contribution < 1.29 is 18.3 Å². The van der Waals surface area contributed by atoms with Gasteiger partial charge in [0.15, 0.2) is 0 Å². The van der Waals surface area contributed by atoms with Crippen molar-refractivity contribution in [1.29, 1.82) is 0 Å². The molecule has 0 bridgehead atoms. The summed E-state index contributed by atoms with van der Waals surface area (Å²) in [5.41, 5.74) is 0.0156. The predicted molar refractivity (Wildman–Crippen MR) is 85.3 cm³/mol. The Kier molecular flexibility index (Phi) is 5.80. The van der Waals surface area contributed by atoms with Crippen molar-refractivity contribution in [3.05, 3.63) is 63.6 Å². The molecule has 0 aliphatic heterocycles. The Hall–Kier alpha value is -1.85. The second kappa shape index (κ2) is 7.62. The Morgan fingerprint density at radius 2 is 1.91 bits per heavy atom. The summed E-state index contributed by atoms with van der Waals surface area (Å²) in [6.07, 6.45) is 0. The summed E-state index contributed by atoms with van der Waals surface area (Å²) in [4.78, 5) is 13.6. The van der Waals surface area contributed by atoms with Gasteiger partial charge in [-0.3, -0.25) is 4.79 Å². The highest BCUT2D eigenvalue weighted by atomic mass is 35.5. The number of carbonyl (C=O) groups excluding carboxylic acids is 1. The zero-order valence-electron chi connectivity index (χ0n) is 12.2. The lowest BCUT2D eigenvalue weighted by Crippen LogP contribution is -2.31. The molecule has 122 valence electrons. The maximum absolute atomic E-state index is 13.5. The van der Waals surface area contributed by atoms with Gasteiger partial charge >= 0.3 is 0 Å². The van der Waals surface area contributed by atoms with E-state index in [4.69, 9.17) is 27.9 Å². The van der Waals surface area contributed by atoms with Gasteiger partial charge in [-0.05, 0) is 24.3 Å². The summed E-state index contributed by atoms with van der Waals surface area (Å²) in [6.45, 7) is 0.370. The van der Waals surface area contributed by atoms with Gasteiger partial charge in [0.25, 0.3) is 5.91 Å². The van der Waals surface area contributed by atoms with Crippen molar-refractivity contribution in [1.82, 2.24) is 4.90 Å². The summed E-state index contributed by atoms with van der Waals surface area (Å²) in [7, 11) is 1.53. The molecule has 0 fully saturated rings. The Labute approximate surface area is 142 Å². The second-order valence-corrected chi connectivity index (χ2v) is 5.59. The zero-order valence-corrected chi connectivity index (χ0v) is 13.7. The fraction of sp³-hybridized carbons (Fsp3) is 0.188. The summed E-state index contributed by atoms with van der Waals surface area (Å²) in [6, 6.07) is 7.86. The zero-order chi connectivity index (χ0) is 17.0. The third kappa shape index (κ3) is 4.56. The van der Waals surface area contributed by atoms with E-state index in [1.165, 1.54) is 36.2 Å². The van der Waals surface area contributed by atoms with Gasteiger partial charge in [-0.25, -0.2) is 8.78 Å². The molecule has 2 rings (SSSR count). The van der Waals surface area contributed by atoms with Crippen molar-refractivity contribution in [3.8, 4) is 5.75 Å². The molecule has 0 aliphatic carbocycles. The number of ether oxygens (including phenoxy) is 1. The van der Waals surface area contributed by atoms with Crippen LogP contribution in [-0.4, -0.2) is 31.0 Å². The van der Waals surface area contributed by atoms with Gasteiger partial charge in [-0.15, -0.1) is 0 Å². The molecular formula is C16H13Cl2F2NO2. The normalized spacial score (nSPS) is 10.5. The number of halogens is 4. The van der Waals surface area contributed by atoms with Crippen LogP contribution in [0.5, 0.6) is 5.75 Å². The van der Waals surface area contributed by atoms with Gasteiger partial charge in [-0.1, -0.05) is 29.3 Å². The van der Waals surface area contributed by atoms with E-state index in [1.807, 2.05) is 0 Å². The topological polar surface area (TPSA) is 29.5 Å². The molecule has 1 amide bonds. The SMILES string of the molecule is CN(CCOc1cccc(F)c1)C(=O)c1cc(F)c(Cl)cc1Cl. The van der Waals surface area contributed by atoms with Crippen molar-refractivity contribution in [2.24, 2.45) is 0 Å². The standard InChI is InChI=1S/C16H13Cl2F2NO2/c1-21(5-6-23-11-4-2-3-10(19)7-11)16(22)12-8-15(20)14(18)9-13(12)17/h2-4,7-9H,5-6H2,1H3. The molecule has 0 atom stereocenters. The first-order chi connectivity index (χ1) is 10.9. The highest BCUT2D eigenvalue weighted by Crippen LogP contribution is 2.25. The van der Waals surface area contributed by atoms with E-state index in [2.05, 4.69) is 0 Å². The Morgan fingerprint density at radius 3 is 2.61 bits per heavy atom. The monoisotopic (exact) mass is 359 g/mol. The smallest absolute Gasteiger partial charge is 0.255 e. The summed E-state index contributed by atoms with van der Waals surface area (Å²) < 4.78 is 31.8. The van der Waals surface area contributed by atoms with Gasteiger partial charge in [0.1, 0.15) is 24.0 Å². The fourth-order valence-electron chi connectivity index (χ4n) is 1.85. The first-order valence-electron chi connectivity index (χ1n) is 6.67. The summed E-state index contributed by atoms with van der Waals surface area (Å²) >= 11 is 11.5. The Morgan fingerprint density at radius 1 is 1.17 bits per heavy atom. The number of hydrogen-bond donors (Lipinski definition) is 0. The van der Waals surface area contributed by atoms with Crippen LogP contribution in [0.15, 0.2) is 36.4 Å². The quantitative estimate of drug-likeness (QED) is 0.739. The van der Waals surface area contributed by atoms with Gasteiger partial charge in [0.05, 0.1) is 22.2 Å². The van der Waals surface area contributed by atoms with Crippen LogP contribution >= 0.6 is 23.2 Å². The van der Waals surface area contributed by atoms with E-state index in [0.29, 0.717) is 5.75 Å². The number of rotatable bonds is 5. The van der Waals surface area contributed by atoms with Crippen LogP contribution < -0.4 is 4.74 Å². The summed E-state index contributed by atoms with van der Waals surface area (Å²) in [5, 5.41) is -0.0806. The molecule has 0 heterocycles. The highest BCUT2D eigenvalue weighted by molar-refractivity contribution is 6.36. The van der Waals surface area contributed by atoms with Crippen LogP contribution in [0.3, 0.4) is 0 Å². The minimum atomic E-state index is -0.719. The minimum absolute atomic E-state index is 0.0156. The first-order valence-corrected chi connectivity index (χ1v) is 7.42. The minimum Gasteiger partial charge on any atom is -0.492 e. The van der Waals surface area contributed by atoms with Crippen molar-refractivity contribution in [3.63, 3.8) is 0 Å². The van der Waals surface area contributed by atoms with E-state index in [9.17, 15) is 13.6 Å². The number of carbonyl (C=O) groups is 1. The predicted octanol–water partition coefficient (Wildman–Crippen LogP) is 4.42. The van der Waals surface area contributed by atoms with Gasteiger partial charge in [0.2, 0.25) is 0 Å². The molecular weight excluding hydrogens is 347 g/mol. The van der Waals surface area contributed by atoms with Gasteiger partial charge < -0.3 is 9.64 Å². The molecule has 7 heteroatoms. The molecule has 2 aromatic rings. The fourth-order valence-corrected chi connectivity index (χ4v) is 2.31. The number of amides is 1. The highest BCUT2D eigenvalue weighted by Gasteiger charge is 2.17. The number of nitrogens with zero attached hydrogens (tertiary/aromatic N) is 1. The number of hydrogen-bond acceptors (Lipinski definition) is 2. The number of likely N-dealkylation sites (N-methyl/N-ethyl adjacent to an activating group) is 1. The van der Waals surface area contributed by atoms with Gasteiger partial charge in [-0.2, -0.15) is 0 Å². The molecule has 2 aromatic carbocycles. The maximum atomic E-state index is 13.5. The third-order valence-electron chi connectivity index (χ3n) is 3.08. The van der Waals surface area contributed by atoms with E-state index in [-0.39, 0.29) is 28.8 Å². The molecule has 23 heavy (non-hydrogen) atoms. The van der Waals surface area contributed by atoms with Crippen LogP contribution in [0.4, 0.5) is 8.78 Å². The van der Waals surface area contributed by atoms with Crippen LogP contribution in [0.1, 0.15) is 10.4 Å². The second-order valence-electron chi connectivity index (χ2n) is 4.78. The van der Waals surface area contributed by atoms with Crippen molar-refractivity contribution in [2.75, 3.05) is 20.2 Å². The molecule has 0 aliphatic rings. The third-order valence-corrected chi connectivity index (χ3v) is 3.68. The molecule has 3 nitrogen and oxygen atoms in total. The van der Waals surface area contributed by atoms with E-state index in [1.54, 1.807) is 6.07 Å². The lowest BCUT2D eigenvalue weighted by atomic mass is 10.2. The average Bonchev–Trinajstić information content (AvgIpc) is 2.50. The van der Waals surface area contributed by atoms with Crippen molar-refractivity contribution >= 4 is 29.1 Å². The molecule has 0 saturated heterocycles. The Bertz CT molecular complexity index is 725. The average molecular weight is 360 g/mol. The lowest BCUT2D eigenvalue weighted by Gasteiger charge is -2.18. The van der Waals surface area contributed by atoms with E-state index in [0.717, 1.165) is 6.07 Å². The molecule has 0 spiro atoms.